The highest BCUT2D eigenvalue weighted by molar-refractivity contribution is 5.97. The second-order valence-corrected chi connectivity index (χ2v) is 7.67. The Kier molecular flexibility index (Phi) is 4.86. The zero-order valence-corrected chi connectivity index (χ0v) is 16.6. The van der Waals surface area contributed by atoms with E-state index in [1.165, 1.54) is 0 Å². The van der Waals surface area contributed by atoms with Crippen molar-refractivity contribution < 1.29 is 18.9 Å². The van der Waals surface area contributed by atoms with Crippen molar-refractivity contribution in [2.75, 3.05) is 19.8 Å². The molecule has 0 radical (unpaired) electrons. The first-order valence-electron chi connectivity index (χ1n) is 9.77. The van der Waals surface area contributed by atoms with Crippen molar-refractivity contribution in [2.24, 2.45) is 0 Å². The maximum Gasteiger partial charge on any atom is 0.259 e. The third-order valence-electron chi connectivity index (χ3n) is 5.96. The normalized spacial score (nSPS) is 18.2. The van der Waals surface area contributed by atoms with E-state index in [2.05, 4.69) is 10.5 Å². The number of aromatic nitrogens is 1. The molecule has 2 saturated heterocycles. The van der Waals surface area contributed by atoms with E-state index in [9.17, 15) is 14.4 Å². The van der Waals surface area contributed by atoms with Crippen LogP contribution in [0.3, 0.4) is 0 Å². The van der Waals surface area contributed by atoms with Gasteiger partial charge in [0.2, 0.25) is 11.8 Å². The summed E-state index contributed by atoms with van der Waals surface area (Å²) in [5, 5.41) is 6.68. The second kappa shape index (κ2) is 7.35. The van der Waals surface area contributed by atoms with E-state index in [1.807, 2.05) is 30.3 Å². The Hall–Kier alpha value is -3.16. The largest absolute Gasteiger partial charge is 0.361 e. The van der Waals surface area contributed by atoms with Crippen molar-refractivity contribution in [3.05, 3.63) is 52.9 Å². The van der Waals surface area contributed by atoms with Gasteiger partial charge in [0.05, 0.1) is 18.8 Å². The van der Waals surface area contributed by atoms with Gasteiger partial charge in [-0.15, -0.1) is 0 Å². The number of aryl methyl sites for hydroxylation is 2. The lowest BCUT2D eigenvalue weighted by atomic mass is 9.85. The fourth-order valence-corrected chi connectivity index (χ4v) is 4.31. The molecule has 1 N–H and O–H groups in total. The third-order valence-corrected chi connectivity index (χ3v) is 5.96. The summed E-state index contributed by atoms with van der Waals surface area (Å²) in [6, 6.07) is 9.50. The number of hydrogen-bond acceptors (Lipinski definition) is 5. The second-order valence-electron chi connectivity index (χ2n) is 7.67. The zero-order chi connectivity index (χ0) is 20.6. The molecule has 29 heavy (non-hydrogen) atoms. The molecule has 3 heterocycles. The first-order valence-corrected chi connectivity index (χ1v) is 9.77. The number of rotatable bonds is 3. The molecular weight excluding hydrogens is 372 g/mol. The number of amides is 3. The lowest BCUT2D eigenvalue weighted by Crippen LogP contribution is -2.58. The number of nitrogens with zero attached hydrogens (tertiary/aromatic N) is 3. The molecule has 1 spiro atoms. The Bertz CT molecular complexity index is 925. The molecule has 2 aliphatic heterocycles. The van der Waals surface area contributed by atoms with Crippen molar-refractivity contribution in [3.63, 3.8) is 0 Å². The number of carbonyl (C=O) groups excluding carboxylic acids is 3. The lowest BCUT2D eigenvalue weighted by molar-refractivity contribution is -0.142. The van der Waals surface area contributed by atoms with Gasteiger partial charge in [0.25, 0.3) is 5.91 Å². The van der Waals surface area contributed by atoms with Gasteiger partial charge in [-0.1, -0.05) is 35.5 Å². The van der Waals surface area contributed by atoms with Gasteiger partial charge >= 0.3 is 0 Å². The Morgan fingerprint density at radius 3 is 2.48 bits per heavy atom. The minimum absolute atomic E-state index is 0.0833. The fraction of sp³-hybridized carbons (Fsp3) is 0.429. The van der Waals surface area contributed by atoms with Gasteiger partial charge in [0, 0.05) is 13.1 Å². The van der Waals surface area contributed by atoms with Crippen LogP contribution in [0.4, 0.5) is 0 Å². The van der Waals surface area contributed by atoms with Crippen LogP contribution in [0.25, 0.3) is 0 Å². The number of nitrogens with one attached hydrogen (secondary N) is 1. The lowest BCUT2D eigenvalue weighted by Gasteiger charge is -2.42. The standard InChI is InChI=1S/C21H24N4O4/c1-14-18(15(2)29-23-14)19(27)24-10-8-21(9-11-24)20(28)22-13-25(21)17(26)12-16-6-4-3-5-7-16/h3-7H,8-13H2,1-2H3,(H,22,28). The van der Waals surface area contributed by atoms with Crippen molar-refractivity contribution in [1.29, 1.82) is 0 Å². The van der Waals surface area contributed by atoms with E-state index in [1.54, 1.807) is 23.6 Å². The van der Waals surface area contributed by atoms with Gasteiger partial charge in [-0.3, -0.25) is 14.4 Å². The molecule has 8 nitrogen and oxygen atoms in total. The highest BCUT2D eigenvalue weighted by Crippen LogP contribution is 2.34. The molecule has 2 aromatic rings. The molecular formula is C21H24N4O4. The summed E-state index contributed by atoms with van der Waals surface area (Å²) in [6.45, 7) is 4.45. The van der Waals surface area contributed by atoms with E-state index < -0.39 is 5.54 Å². The molecule has 2 fully saturated rings. The SMILES string of the molecule is Cc1noc(C)c1C(=O)N1CCC2(CC1)C(=O)NCN2C(=O)Cc1ccccc1. The van der Waals surface area contributed by atoms with E-state index in [-0.39, 0.29) is 30.8 Å². The summed E-state index contributed by atoms with van der Waals surface area (Å²) in [7, 11) is 0. The van der Waals surface area contributed by atoms with Gasteiger partial charge in [0.1, 0.15) is 16.9 Å². The molecule has 3 amide bonds. The van der Waals surface area contributed by atoms with Crippen molar-refractivity contribution in [3.8, 4) is 0 Å². The van der Waals surface area contributed by atoms with Gasteiger partial charge in [-0.2, -0.15) is 0 Å². The number of carbonyl (C=O) groups is 3. The fourth-order valence-electron chi connectivity index (χ4n) is 4.31. The molecule has 8 heteroatoms. The predicted octanol–water partition coefficient (Wildman–Crippen LogP) is 1.42. The van der Waals surface area contributed by atoms with Gasteiger partial charge < -0.3 is 19.6 Å². The Balaban J connectivity index is 1.48. The predicted molar refractivity (Wildman–Crippen MR) is 104 cm³/mol. The first-order chi connectivity index (χ1) is 13.9. The van der Waals surface area contributed by atoms with Crippen LogP contribution in [0.1, 0.15) is 40.2 Å². The molecule has 0 aliphatic carbocycles. The first kappa shape index (κ1) is 19.2. The van der Waals surface area contributed by atoms with E-state index in [4.69, 9.17) is 4.52 Å². The van der Waals surface area contributed by atoms with Crippen LogP contribution in [0.5, 0.6) is 0 Å². The smallest absolute Gasteiger partial charge is 0.259 e. The van der Waals surface area contributed by atoms with Crippen LogP contribution < -0.4 is 5.32 Å². The van der Waals surface area contributed by atoms with E-state index in [0.717, 1.165) is 5.56 Å². The Morgan fingerprint density at radius 1 is 1.17 bits per heavy atom. The summed E-state index contributed by atoms with van der Waals surface area (Å²) >= 11 is 0. The monoisotopic (exact) mass is 396 g/mol. The quantitative estimate of drug-likeness (QED) is 0.847. The average Bonchev–Trinajstić information content (AvgIpc) is 3.22. The summed E-state index contributed by atoms with van der Waals surface area (Å²) in [5.41, 5.74) is 1.07. The molecule has 4 rings (SSSR count). The number of hydrogen-bond donors (Lipinski definition) is 1. The number of benzene rings is 1. The summed E-state index contributed by atoms with van der Waals surface area (Å²) in [4.78, 5) is 41.9. The topological polar surface area (TPSA) is 95.8 Å². The van der Waals surface area contributed by atoms with Crippen LogP contribution >= 0.6 is 0 Å². The van der Waals surface area contributed by atoms with Gasteiger partial charge in [0.15, 0.2) is 0 Å². The molecule has 152 valence electrons. The molecule has 2 aliphatic rings. The average molecular weight is 396 g/mol. The highest BCUT2D eigenvalue weighted by Gasteiger charge is 2.52. The molecule has 1 aromatic carbocycles. The Labute approximate surface area is 168 Å². The minimum Gasteiger partial charge on any atom is -0.361 e. The van der Waals surface area contributed by atoms with Crippen LogP contribution in [0.15, 0.2) is 34.9 Å². The molecule has 1 aromatic heterocycles. The number of piperidine rings is 1. The maximum atomic E-state index is 13.0. The van der Waals surface area contributed by atoms with Crippen LogP contribution in [0, 0.1) is 13.8 Å². The van der Waals surface area contributed by atoms with Crippen molar-refractivity contribution in [2.45, 2.75) is 38.6 Å². The summed E-state index contributed by atoms with van der Waals surface area (Å²) < 4.78 is 5.11. The summed E-state index contributed by atoms with van der Waals surface area (Å²) in [5.74, 6) is 0.131. The van der Waals surface area contributed by atoms with Crippen LogP contribution in [-0.4, -0.2) is 58.0 Å². The minimum atomic E-state index is -0.888. The van der Waals surface area contributed by atoms with Gasteiger partial charge in [-0.25, -0.2) is 0 Å². The van der Waals surface area contributed by atoms with Gasteiger partial charge in [-0.05, 0) is 32.3 Å². The highest BCUT2D eigenvalue weighted by atomic mass is 16.5. The molecule has 0 saturated carbocycles. The van der Waals surface area contributed by atoms with E-state index in [0.29, 0.717) is 42.9 Å². The zero-order valence-electron chi connectivity index (χ0n) is 16.6. The van der Waals surface area contributed by atoms with Crippen molar-refractivity contribution >= 4 is 17.7 Å². The number of likely N-dealkylation sites (tertiary alicyclic amines) is 1. The maximum absolute atomic E-state index is 13.0. The summed E-state index contributed by atoms with van der Waals surface area (Å²) in [6.07, 6.45) is 1.07. The molecule has 0 unspecified atom stereocenters. The molecule has 0 bridgehead atoms. The van der Waals surface area contributed by atoms with Crippen LogP contribution in [-0.2, 0) is 16.0 Å². The van der Waals surface area contributed by atoms with E-state index >= 15 is 0 Å². The van der Waals surface area contributed by atoms with Crippen LogP contribution in [0.2, 0.25) is 0 Å². The third kappa shape index (κ3) is 3.28. The molecule has 0 atom stereocenters. The van der Waals surface area contributed by atoms with Crippen molar-refractivity contribution in [1.82, 2.24) is 20.3 Å². The Morgan fingerprint density at radius 2 is 1.86 bits per heavy atom.